The summed E-state index contributed by atoms with van der Waals surface area (Å²) in [6, 6.07) is 5.01. The summed E-state index contributed by atoms with van der Waals surface area (Å²) in [5.41, 5.74) is 0.683. The summed E-state index contributed by atoms with van der Waals surface area (Å²) in [5.74, 6) is 0.884. The van der Waals surface area contributed by atoms with Crippen molar-refractivity contribution < 1.29 is 13.2 Å². The van der Waals surface area contributed by atoms with Crippen molar-refractivity contribution in [3.63, 3.8) is 0 Å². The van der Waals surface area contributed by atoms with Crippen LogP contribution in [-0.2, 0) is 12.6 Å². The van der Waals surface area contributed by atoms with Gasteiger partial charge in [-0.1, -0.05) is 19.9 Å². The second-order valence-corrected chi connectivity index (χ2v) is 6.25. The number of hydrogen-bond acceptors (Lipinski definition) is 4. The summed E-state index contributed by atoms with van der Waals surface area (Å²) in [7, 11) is 0. The normalized spacial score (nSPS) is 13.0. The molecule has 27 heavy (non-hydrogen) atoms. The molecule has 3 aromatic rings. The topological polar surface area (TPSA) is 87.3 Å². The zero-order valence-corrected chi connectivity index (χ0v) is 15.0. The fourth-order valence-corrected chi connectivity index (χ4v) is 2.93. The van der Waals surface area contributed by atoms with Crippen LogP contribution in [0, 0.1) is 6.92 Å². The molecule has 2 aromatic heterocycles. The van der Waals surface area contributed by atoms with Crippen LogP contribution in [0.5, 0.6) is 0 Å². The third-order valence-corrected chi connectivity index (χ3v) is 4.32. The molecule has 0 fully saturated rings. The minimum absolute atomic E-state index is 0.260. The van der Waals surface area contributed by atoms with Crippen LogP contribution in [-0.4, -0.2) is 25.1 Å². The molecule has 3 rings (SSSR count). The molecule has 0 saturated heterocycles. The molecule has 2 heterocycles. The predicted octanol–water partition coefficient (Wildman–Crippen LogP) is 3.60. The summed E-state index contributed by atoms with van der Waals surface area (Å²) in [4.78, 5) is 22.7. The van der Waals surface area contributed by atoms with Gasteiger partial charge >= 0.3 is 6.18 Å². The van der Waals surface area contributed by atoms with E-state index in [2.05, 4.69) is 25.1 Å². The van der Waals surface area contributed by atoms with Crippen molar-refractivity contribution in [1.29, 1.82) is 0 Å². The zero-order valence-electron chi connectivity index (χ0n) is 15.0. The third-order valence-electron chi connectivity index (χ3n) is 4.32. The van der Waals surface area contributed by atoms with E-state index >= 15 is 0 Å². The van der Waals surface area contributed by atoms with E-state index in [4.69, 9.17) is 0 Å². The molecule has 6 nitrogen and oxygen atoms in total. The maximum Gasteiger partial charge on any atom is 0.416 e. The molecule has 0 radical (unpaired) electrons. The van der Waals surface area contributed by atoms with E-state index < -0.39 is 11.7 Å². The van der Waals surface area contributed by atoms with E-state index in [0.29, 0.717) is 29.3 Å². The Balaban J connectivity index is 1.96. The van der Waals surface area contributed by atoms with Crippen molar-refractivity contribution >= 4 is 0 Å². The number of H-pyrrole nitrogens is 2. The third kappa shape index (κ3) is 3.91. The van der Waals surface area contributed by atoms with Crippen LogP contribution in [0.1, 0.15) is 48.1 Å². The molecular weight excluding hydrogens is 359 g/mol. The Morgan fingerprint density at radius 3 is 2.56 bits per heavy atom. The van der Waals surface area contributed by atoms with E-state index in [-0.39, 0.29) is 17.3 Å². The highest BCUT2D eigenvalue weighted by Crippen LogP contribution is 2.33. The highest BCUT2D eigenvalue weighted by atomic mass is 19.4. The predicted molar refractivity (Wildman–Crippen MR) is 93.3 cm³/mol. The Kier molecular flexibility index (Phi) is 4.86. The highest BCUT2D eigenvalue weighted by Gasteiger charge is 2.31. The maximum absolute atomic E-state index is 13.0. The number of rotatable bonds is 4. The molecule has 1 unspecified atom stereocenters. The van der Waals surface area contributed by atoms with Gasteiger partial charge in [0.1, 0.15) is 17.3 Å². The van der Waals surface area contributed by atoms with E-state index in [1.807, 2.05) is 6.92 Å². The van der Waals surface area contributed by atoms with Gasteiger partial charge in [0.25, 0.3) is 5.56 Å². The molecule has 9 heteroatoms. The molecule has 0 spiro atoms. The first-order valence-corrected chi connectivity index (χ1v) is 8.39. The van der Waals surface area contributed by atoms with Gasteiger partial charge in [-0.2, -0.15) is 18.3 Å². The first-order chi connectivity index (χ1) is 12.7. The fraction of sp³-hybridized carbons (Fsp3) is 0.333. The number of halogens is 3. The molecule has 0 amide bonds. The Bertz CT molecular complexity index is 1020. The minimum atomic E-state index is -4.38. The summed E-state index contributed by atoms with van der Waals surface area (Å²) in [6.45, 7) is 5.29. The molecule has 0 aliphatic rings. The largest absolute Gasteiger partial charge is 0.416 e. The van der Waals surface area contributed by atoms with Crippen molar-refractivity contribution in [3.8, 4) is 11.5 Å². The Morgan fingerprint density at radius 2 is 1.93 bits per heavy atom. The van der Waals surface area contributed by atoms with Gasteiger partial charge in [0, 0.05) is 12.0 Å². The number of nitrogens with one attached hydrogen (secondary N) is 2. The van der Waals surface area contributed by atoms with Crippen LogP contribution >= 0.6 is 0 Å². The Hall–Kier alpha value is -2.97. The number of aromatic amines is 2. The van der Waals surface area contributed by atoms with E-state index in [0.717, 1.165) is 11.6 Å². The molecule has 1 aromatic carbocycles. The van der Waals surface area contributed by atoms with Crippen LogP contribution in [0.3, 0.4) is 0 Å². The quantitative estimate of drug-likeness (QED) is 0.727. The zero-order chi connectivity index (χ0) is 19.8. The lowest BCUT2D eigenvalue weighted by Gasteiger charge is -2.16. The van der Waals surface area contributed by atoms with E-state index in [1.54, 1.807) is 13.8 Å². The van der Waals surface area contributed by atoms with Crippen LogP contribution in [0.25, 0.3) is 11.5 Å². The van der Waals surface area contributed by atoms with Crippen molar-refractivity contribution in [2.45, 2.75) is 39.3 Å². The van der Waals surface area contributed by atoms with E-state index in [9.17, 15) is 18.0 Å². The second-order valence-electron chi connectivity index (χ2n) is 6.25. The van der Waals surface area contributed by atoms with Crippen molar-refractivity contribution in [3.05, 3.63) is 63.0 Å². The van der Waals surface area contributed by atoms with Gasteiger partial charge in [0.05, 0.1) is 5.56 Å². The molecule has 0 aliphatic carbocycles. The van der Waals surface area contributed by atoms with Gasteiger partial charge in [-0.05, 0) is 36.6 Å². The van der Waals surface area contributed by atoms with Crippen molar-refractivity contribution in [1.82, 2.24) is 25.1 Å². The lowest BCUT2D eigenvalue weighted by Crippen LogP contribution is -2.09. The Labute approximate surface area is 152 Å². The Morgan fingerprint density at radius 1 is 1.19 bits per heavy atom. The van der Waals surface area contributed by atoms with Gasteiger partial charge in [-0.3, -0.25) is 9.89 Å². The number of nitrogens with zero attached hydrogens (tertiary/aromatic N) is 3. The van der Waals surface area contributed by atoms with Gasteiger partial charge in [0.2, 0.25) is 0 Å². The number of alkyl halides is 3. The van der Waals surface area contributed by atoms with Crippen LogP contribution in [0.2, 0.25) is 0 Å². The lowest BCUT2D eigenvalue weighted by atomic mass is 9.92. The van der Waals surface area contributed by atoms with E-state index in [1.165, 1.54) is 18.2 Å². The average Bonchev–Trinajstić information content (AvgIpc) is 3.09. The van der Waals surface area contributed by atoms with Crippen molar-refractivity contribution in [2.24, 2.45) is 0 Å². The first-order valence-electron chi connectivity index (χ1n) is 8.39. The lowest BCUT2D eigenvalue weighted by molar-refractivity contribution is -0.137. The second kappa shape index (κ2) is 6.98. The summed E-state index contributed by atoms with van der Waals surface area (Å²) in [6.07, 6.45) is -3.92. The highest BCUT2D eigenvalue weighted by molar-refractivity contribution is 5.48. The van der Waals surface area contributed by atoms with Gasteiger partial charge in [-0.25, -0.2) is 9.97 Å². The smallest absolute Gasteiger partial charge is 0.311 e. The maximum atomic E-state index is 13.0. The summed E-state index contributed by atoms with van der Waals surface area (Å²) in [5, 5.41) is 6.90. The standard InChI is InChI=1S/C18H18F3N5O/c1-4-11-7-12(18(19,20)21)5-6-13(11)9(2)16-24-17(26-25-16)14-8-15(27)23-10(3)22-14/h5-9H,4H2,1-3H3,(H,22,23,27)(H,24,25,26). The van der Waals surface area contributed by atoms with Gasteiger partial charge in [-0.15, -0.1) is 0 Å². The molecule has 0 bridgehead atoms. The van der Waals surface area contributed by atoms with Crippen LogP contribution < -0.4 is 5.56 Å². The summed E-state index contributed by atoms with van der Waals surface area (Å²) >= 11 is 0. The van der Waals surface area contributed by atoms with Crippen molar-refractivity contribution in [2.75, 3.05) is 0 Å². The van der Waals surface area contributed by atoms with Crippen LogP contribution in [0.15, 0.2) is 29.1 Å². The molecule has 1 atom stereocenters. The number of aryl methyl sites for hydroxylation is 2. The monoisotopic (exact) mass is 377 g/mol. The molecule has 0 saturated carbocycles. The van der Waals surface area contributed by atoms with Gasteiger partial charge < -0.3 is 4.98 Å². The fourth-order valence-electron chi connectivity index (χ4n) is 2.93. The number of aromatic nitrogens is 5. The molecule has 0 aliphatic heterocycles. The SMILES string of the molecule is CCc1cc(C(F)(F)F)ccc1C(C)c1nc(-c2cc(=O)[nH]c(C)n2)n[nH]1. The molecule has 142 valence electrons. The number of benzene rings is 1. The van der Waals surface area contributed by atoms with Gasteiger partial charge in [0.15, 0.2) is 5.82 Å². The average molecular weight is 377 g/mol. The molecular formula is C18H18F3N5O. The van der Waals surface area contributed by atoms with Crippen LogP contribution in [0.4, 0.5) is 13.2 Å². The minimum Gasteiger partial charge on any atom is -0.311 e. The molecule has 2 N–H and O–H groups in total. The number of hydrogen-bond donors (Lipinski definition) is 2. The first kappa shape index (κ1) is 18.8. The summed E-state index contributed by atoms with van der Waals surface area (Å²) < 4.78 is 38.9.